The third kappa shape index (κ3) is 4.32. The SMILES string of the molecule is NC1C2CCCC1CC(C(=O)NCCN1CCN(C(=O)C3CCC3)CC1)C2. The summed E-state index contributed by atoms with van der Waals surface area (Å²) >= 11 is 0. The van der Waals surface area contributed by atoms with Crippen molar-refractivity contribution in [3.8, 4) is 0 Å². The summed E-state index contributed by atoms with van der Waals surface area (Å²) in [5.74, 6) is 2.17. The number of carbonyl (C=O) groups excluding carboxylic acids is 2. The lowest BCUT2D eigenvalue weighted by atomic mass is 9.65. The molecule has 1 heterocycles. The molecule has 2 unspecified atom stereocenters. The van der Waals surface area contributed by atoms with Crippen molar-refractivity contribution in [2.45, 2.75) is 57.4 Å². The molecule has 152 valence electrons. The molecule has 0 radical (unpaired) electrons. The van der Waals surface area contributed by atoms with E-state index in [1.807, 2.05) is 4.90 Å². The Hall–Kier alpha value is -1.14. The third-order valence-electron chi connectivity index (χ3n) is 7.65. The van der Waals surface area contributed by atoms with E-state index in [1.54, 1.807) is 0 Å². The van der Waals surface area contributed by atoms with Crippen LogP contribution in [0.15, 0.2) is 0 Å². The molecule has 6 nitrogen and oxygen atoms in total. The molecule has 4 aliphatic rings. The maximum atomic E-state index is 12.6. The van der Waals surface area contributed by atoms with E-state index in [2.05, 4.69) is 10.2 Å². The average molecular weight is 377 g/mol. The molecule has 0 aromatic rings. The maximum absolute atomic E-state index is 12.6. The predicted octanol–water partition coefficient (Wildman–Crippen LogP) is 1.20. The van der Waals surface area contributed by atoms with Gasteiger partial charge >= 0.3 is 0 Å². The minimum absolute atomic E-state index is 0.164. The molecule has 3 aliphatic carbocycles. The Labute approximate surface area is 163 Å². The van der Waals surface area contributed by atoms with Gasteiger partial charge in [0.2, 0.25) is 11.8 Å². The molecule has 6 heteroatoms. The number of nitrogens with zero attached hydrogens (tertiary/aromatic N) is 2. The Bertz CT molecular complexity index is 528. The summed E-state index contributed by atoms with van der Waals surface area (Å²) in [4.78, 5) is 29.3. The van der Waals surface area contributed by atoms with Gasteiger partial charge in [0.1, 0.15) is 0 Å². The standard InChI is InChI=1S/C21H36N4O2/c22-19-16-5-2-6-17(19)14-18(13-16)20(26)23-7-8-24-9-11-25(12-10-24)21(27)15-3-1-4-15/h15-19H,1-14,22H2,(H,23,26). The van der Waals surface area contributed by atoms with Gasteiger partial charge < -0.3 is 16.0 Å². The van der Waals surface area contributed by atoms with Crippen LogP contribution in [0.2, 0.25) is 0 Å². The van der Waals surface area contributed by atoms with Crippen LogP contribution in [0.25, 0.3) is 0 Å². The molecule has 3 N–H and O–H groups in total. The highest BCUT2D eigenvalue weighted by Gasteiger charge is 2.40. The second-order valence-electron chi connectivity index (χ2n) is 9.28. The minimum atomic E-state index is 0.164. The largest absolute Gasteiger partial charge is 0.355 e. The minimum Gasteiger partial charge on any atom is -0.355 e. The molecule has 2 bridgehead atoms. The van der Waals surface area contributed by atoms with E-state index in [9.17, 15) is 9.59 Å². The van der Waals surface area contributed by atoms with Crippen LogP contribution in [-0.4, -0.2) is 66.9 Å². The lowest BCUT2D eigenvalue weighted by molar-refractivity contribution is -0.139. The van der Waals surface area contributed by atoms with Crippen molar-refractivity contribution in [3.63, 3.8) is 0 Å². The van der Waals surface area contributed by atoms with Crippen molar-refractivity contribution >= 4 is 11.8 Å². The first-order valence-corrected chi connectivity index (χ1v) is 11.2. The molecule has 0 aromatic carbocycles. The smallest absolute Gasteiger partial charge is 0.225 e. The van der Waals surface area contributed by atoms with Crippen LogP contribution >= 0.6 is 0 Å². The van der Waals surface area contributed by atoms with Crippen molar-refractivity contribution in [2.75, 3.05) is 39.3 Å². The molecule has 2 amide bonds. The first-order chi connectivity index (χ1) is 13.1. The molecule has 27 heavy (non-hydrogen) atoms. The zero-order chi connectivity index (χ0) is 18.8. The second-order valence-corrected chi connectivity index (χ2v) is 9.28. The Kier molecular flexibility index (Phi) is 6.02. The lowest BCUT2D eigenvalue weighted by Crippen LogP contribution is -2.52. The van der Waals surface area contributed by atoms with E-state index in [1.165, 1.54) is 25.7 Å². The number of piperazine rings is 1. The van der Waals surface area contributed by atoms with Gasteiger partial charge in [-0.2, -0.15) is 0 Å². The molecule has 1 aliphatic heterocycles. The highest BCUT2D eigenvalue weighted by atomic mass is 16.2. The number of hydrogen-bond acceptors (Lipinski definition) is 4. The maximum Gasteiger partial charge on any atom is 0.225 e. The molecule has 0 aromatic heterocycles. The van der Waals surface area contributed by atoms with E-state index in [0.29, 0.717) is 36.2 Å². The van der Waals surface area contributed by atoms with Crippen LogP contribution < -0.4 is 11.1 Å². The van der Waals surface area contributed by atoms with Crippen molar-refractivity contribution < 1.29 is 9.59 Å². The van der Waals surface area contributed by atoms with Crippen molar-refractivity contribution in [3.05, 3.63) is 0 Å². The van der Waals surface area contributed by atoms with Crippen LogP contribution in [0.3, 0.4) is 0 Å². The van der Waals surface area contributed by atoms with Crippen LogP contribution in [0.4, 0.5) is 0 Å². The number of amides is 2. The van der Waals surface area contributed by atoms with Gasteiger partial charge in [-0.05, 0) is 50.4 Å². The van der Waals surface area contributed by atoms with Crippen LogP contribution in [-0.2, 0) is 9.59 Å². The lowest BCUT2D eigenvalue weighted by Gasteiger charge is -2.43. The van der Waals surface area contributed by atoms with Crippen LogP contribution in [0.5, 0.6) is 0 Å². The molecule has 2 atom stereocenters. The zero-order valence-electron chi connectivity index (χ0n) is 16.6. The Morgan fingerprint density at radius 3 is 2.11 bits per heavy atom. The van der Waals surface area contributed by atoms with Gasteiger partial charge in [0.15, 0.2) is 0 Å². The van der Waals surface area contributed by atoms with Gasteiger partial charge in [-0.1, -0.05) is 12.8 Å². The van der Waals surface area contributed by atoms with Crippen LogP contribution in [0.1, 0.15) is 51.4 Å². The van der Waals surface area contributed by atoms with Gasteiger partial charge in [0, 0.05) is 57.1 Å². The molecule has 4 fully saturated rings. The van der Waals surface area contributed by atoms with Gasteiger partial charge in [-0.25, -0.2) is 0 Å². The first kappa shape index (κ1) is 19.2. The summed E-state index contributed by atoms with van der Waals surface area (Å²) in [5.41, 5.74) is 6.34. The summed E-state index contributed by atoms with van der Waals surface area (Å²) < 4.78 is 0. The van der Waals surface area contributed by atoms with Crippen molar-refractivity contribution in [1.29, 1.82) is 0 Å². The molecule has 4 rings (SSSR count). The fraction of sp³-hybridized carbons (Fsp3) is 0.905. The van der Waals surface area contributed by atoms with Crippen molar-refractivity contribution in [1.82, 2.24) is 15.1 Å². The Morgan fingerprint density at radius 1 is 0.889 bits per heavy atom. The van der Waals surface area contributed by atoms with Gasteiger partial charge in [-0.15, -0.1) is 0 Å². The number of hydrogen-bond donors (Lipinski definition) is 2. The fourth-order valence-electron chi connectivity index (χ4n) is 5.59. The number of carbonyl (C=O) groups is 2. The molecule has 1 saturated heterocycles. The fourth-order valence-corrected chi connectivity index (χ4v) is 5.59. The summed E-state index contributed by atoms with van der Waals surface area (Å²) in [6.45, 7) is 5.14. The number of nitrogens with two attached hydrogens (primary N) is 1. The molecule has 0 spiro atoms. The third-order valence-corrected chi connectivity index (χ3v) is 7.65. The Morgan fingerprint density at radius 2 is 1.52 bits per heavy atom. The highest BCUT2D eigenvalue weighted by Crippen LogP contribution is 2.41. The van der Waals surface area contributed by atoms with Gasteiger partial charge in [0.05, 0.1) is 0 Å². The van der Waals surface area contributed by atoms with Crippen LogP contribution in [0, 0.1) is 23.7 Å². The number of fused-ring (bicyclic) bond motifs is 2. The van der Waals surface area contributed by atoms with E-state index >= 15 is 0 Å². The number of nitrogens with one attached hydrogen (secondary N) is 1. The quantitative estimate of drug-likeness (QED) is 0.756. The van der Waals surface area contributed by atoms with E-state index in [4.69, 9.17) is 5.73 Å². The summed E-state index contributed by atoms with van der Waals surface area (Å²) in [6.07, 6.45) is 9.02. The normalized spacial score (nSPS) is 34.8. The van der Waals surface area contributed by atoms with E-state index < -0.39 is 0 Å². The van der Waals surface area contributed by atoms with E-state index in [0.717, 1.165) is 58.4 Å². The monoisotopic (exact) mass is 376 g/mol. The molecular formula is C21H36N4O2. The predicted molar refractivity (Wildman–Crippen MR) is 105 cm³/mol. The molecular weight excluding hydrogens is 340 g/mol. The highest BCUT2D eigenvalue weighted by molar-refractivity contribution is 5.80. The first-order valence-electron chi connectivity index (χ1n) is 11.2. The van der Waals surface area contributed by atoms with Gasteiger partial charge in [-0.3, -0.25) is 14.5 Å². The van der Waals surface area contributed by atoms with E-state index in [-0.39, 0.29) is 11.8 Å². The van der Waals surface area contributed by atoms with Gasteiger partial charge in [0.25, 0.3) is 0 Å². The number of rotatable bonds is 5. The second kappa shape index (κ2) is 8.48. The molecule has 3 saturated carbocycles. The topological polar surface area (TPSA) is 78.7 Å². The zero-order valence-corrected chi connectivity index (χ0v) is 16.6. The summed E-state index contributed by atoms with van der Waals surface area (Å²) in [7, 11) is 0. The summed E-state index contributed by atoms with van der Waals surface area (Å²) in [6, 6.07) is 0.321. The summed E-state index contributed by atoms with van der Waals surface area (Å²) in [5, 5.41) is 3.17. The Balaban J connectivity index is 1.14. The average Bonchev–Trinajstić information content (AvgIpc) is 2.60. The van der Waals surface area contributed by atoms with Crippen molar-refractivity contribution in [2.24, 2.45) is 29.4 Å².